The second kappa shape index (κ2) is 6.10. The van der Waals surface area contributed by atoms with E-state index in [4.69, 9.17) is 0 Å². The number of halogens is 4. The zero-order chi connectivity index (χ0) is 14.8. The van der Waals surface area contributed by atoms with Crippen LogP contribution in [0.4, 0.5) is 17.6 Å². The van der Waals surface area contributed by atoms with Crippen molar-refractivity contribution >= 4 is 21.4 Å². The zero-order valence-corrected chi connectivity index (χ0v) is 11.7. The minimum Gasteiger partial charge on any atom is -0.312 e. The Morgan fingerprint density at radius 1 is 1.25 bits per heavy atom. The van der Waals surface area contributed by atoms with Crippen molar-refractivity contribution in [3.8, 4) is 0 Å². The highest BCUT2D eigenvalue weighted by Crippen LogP contribution is 2.33. The van der Waals surface area contributed by atoms with Gasteiger partial charge in [0.2, 0.25) is 0 Å². The Bertz CT molecular complexity index is 576. The van der Waals surface area contributed by atoms with Gasteiger partial charge in [0.25, 0.3) is 0 Å². The van der Waals surface area contributed by atoms with E-state index in [9.17, 15) is 17.6 Å². The molecule has 1 heterocycles. The van der Waals surface area contributed by atoms with Gasteiger partial charge in [-0.25, -0.2) is 4.39 Å². The third-order valence-corrected chi connectivity index (χ3v) is 4.37. The molecule has 2 aromatic rings. The summed E-state index contributed by atoms with van der Waals surface area (Å²) in [6, 6.07) is 6.25. The third kappa shape index (κ3) is 3.93. The Labute approximate surface area is 118 Å². The van der Waals surface area contributed by atoms with E-state index in [1.165, 1.54) is 23.5 Å². The number of thiophene rings is 1. The number of nitrogens with one attached hydrogen (secondary N) is 1. The van der Waals surface area contributed by atoms with Gasteiger partial charge in [-0.3, -0.25) is 0 Å². The Kier molecular flexibility index (Phi) is 4.65. The molecule has 0 saturated heterocycles. The van der Waals surface area contributed by atoms with Crippen molar-refractivity contribution in [3.63, 3.8) is 0 Å². The summed E-state index contributed by atoms with van der Waals surface area (Å²) in [4.78, 5) is 0.940. The molecule has 0 aliphatic heterocycles. The first kappa shape index (κ1) is 15.3. The predicted molar refractivity (Wildman–Crippen MR) is 73.5 cm³/mol. The molecular weight excluding hydrogens is 290 g/mol. The smallest absolute Gasteiger partial charge is 0.312 e. The molecule has 0 fully saturated rings. The molecule has 6 heteroatoms. The molecule has 20 heavy (non-hydrogen) atoms. The molecule has 1 nitrogen and oxygen atoms in total. The molecule has 1 unspecified atom stereocenters. The SMILES string of the molecule is CNC(CCCC(F)(F)F)c1cc2cc(F)ccc2s1. The number of hydrogen-bond donors (Lipinski definition) is 1. The van der Waals surface area contributed by atoms with E-state index in [0.717, 1.165) is 15.0 Å². The molecule has 0 aliphatic carbocycles. The first-order chi connectivity index (χ1) is 9.39. The van der Waals surface area contributed by atoms with E-state index < -0.39 is 12.6 Å². The fourth-order valence-electron chi connectivity index (χ4n) is 2.14. The fraction of sp³-hybridized carbons (Fsp3) is 0.429. The monoisotopic (exact) mass is 305 g/mol. The van der Waals surface area contributed by atoms with Crippen molar-refractivity contribution in [2.45, 2.75) is 31.5 Å². The van der Waals surface area contributed by atoms with Gasteiger partial charge >= 0.3 is 6.18 Å². The molecule has 110 valence electrons. The molecule has 0 amide bonds. The summed E-state index contributed by atoms with van der Waals surface area (Å²) >= 11 is 1.49. The van der Waals surface area contributed by atoms with E-state index >= 15 is 0 Å². The lowest BCUT2D eigenvalue weighted by molar-refractivity contribution is -0.135. The van der Waals surface area contributed by atoms with Crippen LogP contribution in [-0.2, 0) is 0 Å². The number of benzene rings is 1. The molecule has 1 aromatic carbocycles. The third-order valence-electron chi connectivity index (χ3n) is 3.14. The number of fused-ring (bicyclic) bond motifs is 1. The maximum Gasteiger partial charge on any atom is 0.389 e. The quantitative estimate of drug-likeness (QED) is 0.764. The molecule has 1 atom stereocenters. The lowest BCUT2D eigenvalue weighted by Gasteiger charge is -2.14. The normalized spacial score (nSPS) is 13.8. The summed E-state index contributed by atoms with van der Waals surface area (Å²) in [7, 11) is 1.73. The molecule has 0 saturated carbocycles. The summed E-state index contributed by atoms with van der Waals surface area (Å²) in [5.74, 6) is -0.306. The molecule has 0 aliphatic rings. The number of alkyl halides is 3. The van der Waals surface area contributed by atoms with E-state index in [-0.39, 0.29) is 18.3 Å². The van der Waals surface area contributed by atoms with Crippen LogP contribution in [0.25, 0.3) is 10.1 Å². The van der Waals surface area contributed by atoms with Gasteiger partial charge in [-0.15, -0.1) is 11.3 Å². The van der Waals surface area contributed by atoms with Crippen molar-refractivity contribution in [2.75, 3.05) is 7.05 Å². The first-order valence-corrected chi connectivity index (χ1v) is 7.14. The molecule has 2 rings (SSSR count). The van der Waals surface area contributed by atoms with Gasteiger partial charge in [-0.2, -0.15) is 13.2 Å². The average molecular weight is 305 g/mol. The van der Waals surface area contributed by atoms with Crippen molar-refractivity contribution < 1.29 is 17.6 Å². The van der Waals surface area contributed by atoms with Gasteiger partial charge in [0.05, 0.1) is 0 Å². The topological polar surface area (TPSA) is 12.0 Å². The Balaban J connectivity index is 2.09. The second-order valence-electron chi connectivity index (χ2n) is 4.68. The van der Waals surface area contributed by atoms with E-state index in [1.54, 1.807) is 13.1 Å². The van der Waals surface area contributed by atoms with Crippen molar-refractivity contribution in [1.29, 1.82) is 0 Å². The van der Waals surface area contributed by atoms with Crippen LogP contribution in [0.1, 0.15) is 30.2 Å². The molecule has 1 aromatic heterocycles. The van der Waals surface area contributed by atoms with Crippen LogP contribution in [-0.4, -0.2) is 13.2 Å². The molecule has 1 N–H and O–H groups in total. The first-order valence-electron chi connectivity index (χ1n) is 6.32. The Hall–Kier alpha value is -1.14. The largest absolute Gasteiger partial charge is 0.389 e. The van der Waals surface area contributed by atoms with Crippen molar-refractivity contribution in [1.82, 2.24) is 5.32 Å². The summed E-state index contributed by atoms with van der Waals surface area (Å²) in [5.41, 5.74) is 0. The van der Waals surface area contributed by atoms with Gasteiger partial charge in [0.15, 0.2) is 0 Å². The van der Waals surface area contributed by atoms with Crippen LogP contribution in [0.2, 0.25) is 0 Å². The lowest BCUT2D eigenvalue weighted by Crippen LogP contribution is -2.16. The van der Waals surface area contributed by atoms with Gasteiger partial charge in [0, 0.05) is 22.0 Å². The number of hydrogen-bond acceptors (Lipinski definition) is 2. The maximum atomic E-state index is 13.1. The highest BCUT2D eigenvalue weighted by Gasteiger charge is 2.27. The number of rotatable bonds is 5. The Morgan fingerprint density at radius 2 is 2.00 bits per heavy atom. The van der Waals surface area contributed by atoms with Gasteiger partial charge in [0.1, 0.15) is 5.82 Å². The highest BCUT2D eigenvalue weighted by atomic mass is 32.1. The summed E-state index contributed by atoms with van der Waals surface area (Å²) in [6.45, 7) is 0. The van der Waals surface area contributed by atoms with Gasteiger partial charge < -0.3 is 5.32 Å². The van der Waals surface area contributed by atoms with Gasteiger partial charge in [-0.1, -0.05) is 0 Å². The van der Waals surface area contributed by atoms with Crippen LogP contribution in [0.15, 0.2) is 24.3 Å². The van der Waals surface area contributed by atoms with Crippen molar-refractivity contribution in [3.05, 3.63) is 35.0 Å². The summed E-state index contributed by atoms with van der Waals surface area (Å²) in [5, 5.41) is 3.82. The average Bonchev–Trinajstić information content (AvgIpc) is 2.75. The van der Waals surface area contributed by atoms with Crippen LogP contribution in [0.3, 0.4) is 0 Å². The maximum absolute atomic E-state index is 13.1. The zero-order valence-electron chi connectivity index (χ0n) is 10.9. The Morgan fingerprint density at radius 3 is 2.65 bits per heavy atom. The standard InChI is InChI=1S/C14H15F4NS/c1-19-11(3-2-6-14(16,17)18)13-8-9-7-10(15)4-5-12(9)20-13/h4-5,7-8,11,19H,2-3,6H2,1H3. The fourth-order valence-corrected chi connectivity index (χ4v) is 3.33. The van der Waals surface area contributed by atoms with Crippen LogP contribution in [0.5, 0.6) is 0 Å². The predicted octanol–water partition coefficient (Wildman–Crippen LogP) is 5.03. The van der Waals surface area contributed by atoms with E-state index in [1.807, 2.05) is 6.07 Å². The second-order valence-corrected chi connectivity index (χ2v) is 5.79. The molecule has 0 bridgehead atoms. The van der Waals surface area contributed by atoms with Gasteiger partial charge in [-0.05, 0) is 49.5 Å². The van der Waals surface area contributed by atoms with Crippen LogP contribution >= 0.6 is 11.3 Å². The summed E-state index contributed by atoms with van der Waals surface area (Å²) in [6.07, 6.45) is -4.39. The molecular formula is C14H15F4NS. The van der Waals surface area contributed by atoms with E-state index in [2.05, 4.69) is 5.32 Å². The molecule has 0 radical (unpaired) electrons. The van der Waals surface area contributed by atoms with Crippen LogP contribution in [0, 0.1) is 5.82 Å². The van der Waals surface area contributed by atoms with Crippen LogP contribution < -0.4 is 5.32 Å². The lowest BCUT2D eigenvalue weighted by atomic mass is 10.1. The summed E-state index contributed by atoms with van der Waals surface area (Å²) < 4.78 is 50.6. The van der Waals surface area contributed by atoms with E-state index in [0.29, 0.717) is 6.42 Å². The highest BCUT2D eigenvalue weighted by molar-refractivity contribution is 7.19. The minimum atomic E-state index is -4.11. The minimum absolute atomic E-state index is 0.0810. The van der Waals surface area contributed by atoms with Crippen molar-refractivity contribution in [2.24, 2.45) is 0 Å². The molecule has 0 spiro atoms.